The van der Waals surface area contributed by atoms with E-state index in [1.807, 2.05) is 19.0 Å². The molecule has 0 aliphatic heterocycles. The van der Waals surface area contributed by atoms with Crippen molar-refractivity contribution in [1.29, 1.82) is 0 Å². The van der Waals surface area contributed by atoms with Gasteiger partial charge in [-0.15, -0.1) is 11.3 Å². The average molecular weight is 391 g/mol. The largest absolute Gasteiger partial charge is 0.497 e. The molecule has 0 saturated carbocycles. The fourth-order valence-electron chi connectivity index (χ4n) is 1.99. The summed E-state index contributed by atoms with van der Waals surface area (Å²) in [6.45, 7) is 2.85. The lowest BCUT2D eigenvalue weighted by molar-refractivity contribution is 0.261. The molecule has 2 rings (SSSR count). The van der Waals surface area contributed by atoms with Crippen molar-refractivity contribution in [3.8, 4) is 22.1 Å². The van der Waals surface area contributed by atoms with Crippen molar-refractivity contribution in [1.82, 2.24) is 9.88 Å². The molecule has 0 N–H and O–H groups in total. The highest BCUT2D eigenvalue weighted by atomic mass is 35.7. The van der Waals surface area contributed by atoms with Crippen LogP contribution in [0, 0.1) is 6.92 Å². The summed E-state index contributed by atoms with van der Waals surface area (Å²) in [5, 5.41) is 0.536. The first-order chi connectivity index (χ1) is 11.2. The first kappa shape index (κ1) is 19.0. The average Bonchev–Trinajstić information content (AvgIpc) is 2.88. The van der Waals surface area contributed by atoms with Crippen molar-refractivity contribution in [2.45, 2.75) is 11.1 Å². The molecule has 6 nitrogen and oxygen atoms in total. The summed E-state index contributed by atoms with van der Waals surface area (Å²) < 4.78 is 34.3. The van der Waals surface area contributed by atoms with E-state index in [4.69, 9.17) is 20.2 Å². The summed E-state index contributed by atoms with van der Waals surface area (Å²) in [5.41, 5.74) is 1.08. The van der Waals surface area contributed by atoms with E-state index >= 15 is 0 Å². The van der Waals surface area contributed by atoms with Gasteiger partial charge < -0.3 is 14.4 Å². The molecule has 0 spiro atoms. The van der Waals surface area contributed by atoms with Crippen LogP contribution < -0.4 is 9.47 Å². The Bertz CT molecular complexity index is 819. The van der Waals surface area contributed by atoms with Crippen molar-refractivity contribution in [3.05, 3.63) is 23.9 Å². The maximum Gasteiger partial charge on any atom is 0.272 e. The van der Waals surface area contributed by atoms with Gasteiger partial charge in [0.15, 0.2) is 4.21 Å². The van der Waals surface area contributed by atoms with Crippen LogP contribution in [-0.4, -0.2) is 52.7 Å². The van der Waals surface area contributed by atoms with Gasteiger partial charge in [0.05, 0.1) is 18.4 Å². The number of hydrogen-bond donors (Lipinski definition) is 0. The molecule has 0 unspecified atom stereocenters. The van der Waals surface area contributed by atoms with Crippen LogP contribution in [0.1, 0.15) is 5.69 Å². The number of aromatic nitrogens is 1. The van der Waals surface area contributed by atoms with Gasteiger partial charge in [0.2, 0.25) is 0 Å². The third-order valence-electron chi connectivity index (χ3n) is 3.19. The Morgan fingerprint density at radius 1 is 1.33 bits per heavy atom. The molecule has 0 bridgehead atoms. The van der Waals surface area contributed by atoms with Gasteiger partial charge in [-0.1, -0.05) is 0 Å². The second kappa shape index (κ2) is 7.69. The van der Waals surface area contributed by atoms with Gasteiger partial charge in [0.1, 0.15) is 23.1 Å². The fraction of sp³-hybridized carbons (Fsp3) is 0.400. The van der Waals surface area contributed by atoms with Gasteiger partial charge >= 0.3 is 0 Å². The number of benzene rings is 1. The van der Waals surface area contributed by atoms with Crippen molar-refractivity contribution in [3.63, 3.8) is 0 Å². The monoisotopic (exact) mass is 390 g/mol. The van der Waals surface area contributed by atoms with E-state index in [0.29, 0.717) is 34.4 Å². The number of halogens is 1. The van der Waals surface area contributed by atoms with Crippen LogP contribution in [0.25, 0.3) is 10.6 Å². The fourth-order valence-corrected chi connectivity index (χ4v) is 4.47. The maximum absolute atomic E-state index is 11.6. The molecule has 0 fully saturated rings. The van der Waals surface area contributed by atoms with Gasteiger partial charge in [-0.05, 0) is 33.2 Å². The molecule has 0 atom stereocenters. The predicted octanol–water partition coefficient (Wildman–Crippen LogP) is 3.00. The molecule has 1 heterocycles. The topological polar surface area (TPSA) is 68.7 Å². The van der Waals surface area contributed by atoms with Crippen LogP contribution in [0.5, 0.6) is 11.5 Å². The van der Waals surface area contributed by atoms with Gasteiger partial charge in [-0.25, -0.2) is 13.4 Å². The molecule has 24 heavy (non-hydrogen) atoms. The number of methoxy groups -OCH3 is 1. The second-order valence-electron chi connectivity index (χ2n) is 5.34. The molecular weight excluding hydrogens is 372 g/mol. The minimum absolute atomic E-state index is 0.0502. The molecule has 0 amide bonds. The number of aryl methyl sites for hydroxylation is 1. The summed E-state index contributed by atoms with van der Waals surface area (Å²) in [4.78, 5) is 6.34. The highest BCUT2D eigenvalue weighted by Gasteiger charge is 2.21. The molecular formula is C15H19ClN2O4S2. The zero-order chi connectivity index (χ0) is 17.9. The van der Waals surface area contributed by atoms with Gasteiger partial charge in [0.25, 0.3) is 9.05 Å². The van der Waals surface area contributed by atoms with Crippen LogP contribution in [-0.2, 0) is 9.05 Å². The zero-order valence-corrected chi connectivity index (χ0v) is 16.3. The summed E-state index contributed by atoms with van der Waals surface area (Å²) >= 11 is 1.02. The van der Waals surface area contributed by atoms with Crippen molar-refractivity contribution < 1.29 is 17.9 Å². The first-order valence-corrected chi connectivity index (χ1v) is 10.2. The summed E-state index contributed by atoms with van der Waals surface area (Å²) in [6.07, 6.45) is 0. The van der Waals surface area contributed by atoms with E-state index in [1.165, 1.54) is 0 Å². The molecule has 9 heteroatoms. The number of hydrogen-bond acceptors (Lipinski definition) is 7. The summed E-state index contributed by atoms with van der Waals surface area (Å²) in [6, 6.07) is 5.34. The Labute approximate surface area is 150 Å². The molecule has 1 aromatic carbocycles. The lowest BCUT2D eigenvalue weighted by Crippen LogP contribution is -2.19. The lowest BCUT2D eigenvalue weighted by atomic mass is 10.2. The normalized spacial score (nSPS) is 11.8. The van der Waals surface area contributed by atoms with Crippen molar-refractivity contribution in [2.24, 2.45) is 0 Å². The van der Waals surface area contributed by atoms with Crippen LogP contribution >= 0.6 is 22.0 Å². The van der Waals surface area contributed by atoms with Crippen LogP contribution in [0.3, 0.4) is 0 Å². The number of ether oxygens (including phenoxy) is 2. The zero-order valence-electron chi connectivity index (χ0n) is 13.9. The van der Waals surface area contributed by atoms with Crippen LogP contribution in [0.15, 0.2) is 22.4 Å². The second-order valence-corrected chi connectivity index (χ2v) is 9.10. The molecule has 132 valence electrons. The first-order valence-electron chi connectivity index (χ1n) is 7.10. The van der Waals surface area contributed by atoms with E-state index < -0.39 is 9.05 Å². The van der Waals surface area contributed by atoms with Gasteiger partial charge in [-0.3, -0.25) is 0 Å². The molecule has 1 aromatic heterocycles. The third-order valence-corrected chi connectivity index (χ3v) is 6.56. The number of rotatable bonds is 7. The number of likely N-dealkylation sites (N-methyl/N-ethyl adjacent to an activating group) is 1. The van der Waals surface area contributed by atoms with E-state index in [9.17, 15) is 8.42 Å². The van der Waals surface area contributed by atoms with E-state index in [-0.39, 0.29) is 4.21 Å². The number of nitrogens with zero attached hydrogens (tertiary/aromatic N) is 2. The molecule has 0 aliphatic carbocycles. The minimum atomic E-state index is -3.82. The lowest BCUT2D eigenvalue weighted by Gasteiger charge is -2.14. The highest BCUT2D eigenvalue weighted by molar-refractivity contribution is 8.15. The Hall–Kier alpha value is -1.35. The Morgan fingerprint density at radius 3 is 2.58 bits per heavy atom. The van der Waals surface area contributed by atoms with Crippen molar-refractivity contribution in [2.75, 3.05) is 34.4 Å². The summed E-state index contributed by atoms with van der Waals surface area (Å²) in [7, 11) is 7.12. The Balaban J connectivity index is 2.42. The molecule has 0 radical (unpaired) electrons. The Kier molecular flexibility index (Phi) is 6.08. The standard InChI is InChI=1S/C15H19ClN2O4S2/c1-10-15(24(16,19)20)23-14(17-10)12-6-5-11(21-4)9-13(12)22-8-7-18(2)3/h5-6,9H,7-8H2,1-4H3. The highest BCUT2D eigenvalue weighted by Crippen LogP contribution is 2.38. The SMILES string of the molecule is COc1ccc(-c2nc(C)c(S(=O)(=O)Cl)s2)c(OCCN(C)C)c1. The van der Waals surface area contributed by atoms with E-state index in [2.05, 4.69) is 4.98 Å². The van der Waals surface area contributed by atoms with E-state index in [1.54, 1.807) is 32.2 Å². The smallest absolute Gasteiger partial charge is 0.272 e. The maximum atomic E-state index is 11.6. The van der Waals surface area contributed by atoms with Gasteiger partial charge in [-0.2, -0.15) is 0 Å². The third kappa shape index (κ3) is 4.60. The van der Waals surface area contributed by atoms with Crippen molar-refractivity contribution >= 4 is 31.1 Å². The van der Waals surface area contributed by atoms with E-state index in [0.717, 1.165) is 17.9 Å². The van der Waals surface area contributed by atoms with Gasteiger partial charge in [0, 0.05) is 23.3 Å². The predicted molar refractivity (Wildman–Crippen MR) is 95.9 cm³/mol. The minimum Gasteiger partial charge on any atom is -0.497 e. The number of thiazole rings is 1. The van der Waals surface area contributed by atoms with Crippen LogP contribution in [0.2, 0.25) is 0 Å². The summed E-state index contributed by atoms with van der Waals surface area (Å²) in [5.74, 6) is 1.24. The molecule has 2 aromatic rings. The quantitative estimate of drug-likeness (QED) is 0.677. The van der Waals surface area contributed by atoms with Crippen LogP contribution in [0.4, 0.5) is 0 Å². The molecule has 0 aliphatic rings. The molecule has 0 saturated heterocycles. The Morgan fingerprint density at radius 2 is 2.04 bits per heavy atom.